The smallest absolute Gasteiger partial charge is 0.123 e. The van der Waals surface area contributed by atoms with Crippen LogP contribution in [0.1, 0.15) is 26.1 Å². The van der Waals surface area contributed by atoms with E-state index >= 15 is 0 Å². The van der Waals surface area contributed by atoms with Gasteiger partial charge in [0, 0.05) is 12.1 Å². The van der Waals surface area contributed by atoms with E-state index in [-0.39, 0.29) is 6.10 Å². The number of benzene rings is 1. The van der Waals surface area contributed by atoms with Gasteiger partial charge >= 0.3 is 0 Å². The van der Waals surface area contributed by atoms with E-state index in [1.165, 1.54) is 0 Å². The Morgan fingerprint density at radius 3 is 2.85 bits per heavy atom. The van der Waals surface area contributed by atoms with Crippen LogP contribution in [0.5, 0.6) is 0 Å². The van der Waals surface area contributed by atoms with Gasteiger partial charge in [0.1, 0.15) is 5.82 Å². The van der Waals surface area contributed by atoms with Gasteiger partial charge in [0.15, 0.2) is 0 Å². The van der Waals surface area contributed by atoms with Crippen molar-refractivity contribution in [1.82, 2.24) is 14.9 Å². The number of rotatable bonds is 6. The van der Waals surface area contributed by atoms with Gasteiger partial charge in [-0.25, -0.2) is 4.98 Å². The van der Waals surface area contributed by atoms with Gasteiger partial charge in [-0.3, -0.25) is 0 Å². The minimum Gasteiger partial charge on any atom is -0.393 e. The maximum Gasteiger partial charge on any atom is 0.123 e. The van der Waals surface area contributed by atoms with Crippen molar-refractivity contribution < 1.29 is 5.11 Å². The molecule has 1 unspecified atom stereocenters. The Bertz CT molecular complexity index is 580. The lowest BCUT2D eigenvalue weighted by molar-refractivity contribution is 0.116. The number of imidazole rings is 1. The van der Waals surface area contributed by atoms with Crippen molar-refractivity contribution >= 4 is 22.6 Å². The van der Waals surface area contributed by atoms with Gasteiger partial charge in [-0.2, -0.15) is 0 Å². The summed E-state index contributed by atoms with van der Waals surface area (Å²) in [5.74, 6) is 1.27. The van der Waals surface area contributed by atoms with E-state index in [4.69, 9.17) is 11.6 Å². The number of hydrogen-bond acceptors (Lipinski definition) is 3. The maximum atomic E-state index is 9.75. The molecule has 0 radical (unpaired) electrons. The third kappa shape index (κ3) is 3.51. The molecule has 5 heteroatoms. The van der Waals surface area contributed by atoms with Gasteiger partial charge in [-0.05, 0) is 37.1 Å². The molecule has 1 aromatic carbocycles. The molecule has 110 valence electrons. The van der Waals surface area contributed by atoms with Crippen molar-refractivity contribution in [3.63, 3.8) is 0 Å². The molecular weight excluding hydrogens is 274 g/mol. The van der Waals surface area contributed by atoms with Crippen LogP contribution in [0.25, 0.3) is 11.0 Å². The Morgan fingerprint density at radius 1 is 1.40 bits per heavy atom. The lowest BCUT2D eigenvalue weighted by Crippen LogP contribution is -2.24. The van der Waals surface area contributed by atoms with Gasteiger partial charge in [0.2, 0.25) is 0 Å². The summed E-state index contributed by atoms with van der Waals surface area (Å²) >= 11 is 5.98. The lowest BCUT2D eigenvalue weighted by atomic mass is 10.0. The molecule has 20 heavy (non-hydrogen) atoms. The van der Waals surface area contributed by atoms with Crippen molar-refractivity contribution in [2.24, 2.45) is 13.0 Å². The molecule has 2 rings (SSSR count). The van der Waals surface area contributed by atoms with Crippen molar-refractivity contribution in [2.75, 3.05) is 6.54 Å². The first-order chi connectivity index (χ1) is 9.49. The molecule has 2 N–H and O–H groups in total. The molecule has 0 amide bonds. The molecule has 1 atom stereocenters. The molecule has 0 aliphatic rings. The van der Waals surface area contributed by atoms with E-state index in [1.807, 2.05) is 39.1 Å². The summed E-state index contributed by atoms with van der Waals surface area (Å²) in [6.45, 7) is 5.52. The van der Waals surface area contributed by atoms with Crippen LogP contribution in [0.2, 0.25) is 5.02 Å². The summed E-state index contributed by atoms with van der Waals surface area (Å²) < 4.78 is 2.07. The summed E-state index contributed by atoms with van der Waals surface area (Å²) in [6, 6.07) is 5.74. The number of aliphatic hydroxyl groups is 1. The summed E-state index contributed by atoms with van der Waals surface area (Å²) in [7, 11) is 2.00. The number of nitrogens with one attached hydrogen (secondary N) is 1. The topological polar surface area (TPSA) is 50.1 Å². The fourth-order valence-corrected chi connectivity index (χ4v) is 2.33. The molecule has 0 spiro atoms. The summed E-state index contributed by atoms with van der Waals surface area (Å²) in [4.78, 5) is 4.58. The van der Waals surface area contributed by atoms with E-state index in [1.54, 1.807) is 0 Å². The Balaban J connectivity index is 1.95. The minimum absolute atomic E-state index is 0.248. The van der Waals surface area contributed by atoms with Crippen molar-refractivity contribution in [3.8, 4) is 0 Å². The average Bonchev–Trinajstić information content (AvgIpc) is 2.70. The first-order valence-corrected chi connectivity index (χ1v) is 7.36. The second-order valence-electron chi connectivity index (χ2n) is 5.50. The van der Waals surface area contributed by atoms with E-state index in [2.05, 4.69) is 14.9 Å². The normalized spacial score (nSPS) is 13.3. The SMILES string of the molecule is CC(C)C(O)CCNCc1nc2cc(Cl)ccc2n1C. The van der Waals surface area contributed by atoms with Crippen LogP contribution < -0.4 is 5.32 Å². The Morgan fingerprint density at radius 2 is 2.15 bits per heavy atom. The number of fused-ring (bicyclic) bond motifs is 1. The zero-order valence-corrected chi connectivity index (χ0v) is 13.0. The highest BCUT2D eigenvalue weighted by Gasteiger charge is 2.10. The first kappa shape index (κ1) is 15.3. The first-order valence-electron chi connectivity index (χ1n) is 6.98. The van der Waals surface area contributed by atoms with Gasteiger partial charge in [-0.1, -0.05) is 25.4 Å². The number of hydrogen-bond donors (Lipinski definition) is 2. The molecule has 0 aliphatic heterocycles. The van der Waals surface area contributed by atoms with Gasteiger partial charge in [0.25, 0.3) is 0 Å². The lowest BCUT2D eigenvalue weighted by Gasteiger charge is -2.14. The van der Waals surface area contributed by atoms with Crippen LogP contribution in [0, 0.1) is 5.92 Å². The minimum atomic E-state index is -0.248. The number of aromatic nitrogens is 2. The Kier molecular flexibility index (Phi) is 5.02. The highest BCUT2D eigenvalue weighted by molar-refractivity contribution is 6.31. The van der Waals surface area contributed by atoms with Crippen LogP contribution in [0.3, 0.4) is 0 Å². The van der Waals surface area contributed by atoms with Gasteiger partial charge < -0.3 is 15.0 Å². The monoisotopic (exact) mass is 295 g/mol. The quantitative estimate of drug-likeness (QED) is 0.806. The molecule has 4 nitrogen and oxygen atoms in total. The zero-order valence-electron chi connectivity index (χ0n) is 12.2. The third-order valence-electron chi connectivity index (χ3n) is 3.61. The van der Waals surface area contributed by atoms with E-state index in [9.17, 15) is 5.11 Å². The third-order valence-corrected chi connectivity index (χ3v) is 3.84. The predicted molar refractivity (Wildman–Crippen MR) is 82.9 cm³/mol. The molecule has 1 aromatic heterocycles. The molecular formula is C15H22ClN3O. The number of aryl methyl sites for hydroxylation is 1. The number of halogens is 1. The number of nitrogens with zero attached hydrogens (tertiary/aromatic N) is 2. The fourth-order valence-electron chi connectivity index (χ4n) is 2.16. The van der Waals surface area contributed by atoms with Gasteiger partial charge in [0.05, 0.1) is 23.7 Å². The van der Waals surface area contributed by atoms with E-state index in [0.717, 1.165) is 29.8 Å². The van der Waals surface area contributed by atoms with Crippen molar-refractivity contribution in [2.45, 2.75) is 32.9 Å². The molecule has 0 aliphatic carbocycles. The highest BCUT2D eigenvalue weighted by Crippen LogP contribution is 2.19. The highest BCUT2D eigenvalue weighted by atomic mass is 35.5. The predicted octanol–water partition coefficient (Wildman–Crippen LogP) is 2.72. The Hall–Kier alpha value is -1.10. The second-order valence-corrected chi connectivity index (χ2v) is 5.93. The van der Waals surface area contributed by atoms with Crippen LogP contribution in [-0.4, -0.2) is 27.3 Å². The molecule has 1 heterocycles. The van der Waals surface area contributed by atoms with Crippen LogP contribution >= 0.6 is 11.6 Å². The van der Waals surface area contributed by atoms with E-state index in [0.29, 0.717) is 17.5 Å². The largest absolute Gasteiger partial charge is 0.393 e. The maximum absolute atomic E-state index is 9.75. The molecule has 2 aromatic rings. The fraction of sp³-hybridized carbons (Fsp3) is 0.533. The van der Waals surface area contributed by atoms with Crippen molar-refractivity contribution in [1.29, 1.82) is 0 Å². The molecule has 0 fully saturated rings. The van der Waals surface area contributed by atoms with E-state index < -0.39 is 0 Å². The van der Waals surface area contributed by atoms with Crippen LogP contribution in [0.4, 0.5) is 0 Å². The average molecular weight is 296 g/mol. The number of aliphatic hydroxyl groups excluding tert-OH is 1. The molecule has 0 saturated heterocycles. The standard InChI is InChI=1S/C15H22ClN3O/c1-10(2)14(20)6-7-17-9-15-18-12-8-11(16)4-5-13(12)19(15)3/h4-5,8,10,14,17,20H,6-7,9H2,1-3H3. The van der Waals surface area contributed by atoms with Crippen LogP contribution in [-0.2, 0) is 13.6 Å². The Labute approximate surface area is 124 Å². The van der Waals surface area contributed by atoms with Crippen molar-refractivity contribution in [3.05, 3.63) is 29.0 Å². The second kappa shape index (κ2) is 6.57. The summed E-state index contributed by atoms with van der Waals surface area (Å²) in [5.41, 5.74) is 1.99. The molecule has 0 bridgehead atoms. The molecule has 0 saturated carbocycles. The van der Waals surface area contributed by atoms with Gasteiger partial charge in [-0.15, -0.1) is 0 Å². The van der Waals surface area contributed by atoms with Crippen LogP contribution in [0.15, 0.2) is 18.2 Å². The zero-order chi connectivity index (χ0) is 14.7. The summed E-state index contributed by atoms with van der Waals surface area (Å²) in [5, 5.41) is 13.8. The summed E-state index contributed by atoms with van der Waals surface area (Å²) in [6.07, 6.45) is 0.509.